The molecule has 0 atom stereocenters. The molecule has 1 aromatic heterocycles. The van der Waals surface area contributed by atoms with Gasteiger partial charge in [0, 0.05) is 23.4 Å². The molecule has 4 aromatic carbocycles. The molecule has 194 valence electrons. The lowest BCUT2D eigenvalue weighted by atomic mass is 10.0. The second-order valence-corrected chi connectivity index (χ2v) is 10.5. The number of fused-ring (bicyclic) bond motifs is 2. The standard InChI is InChI=1S/C33H28N2O3S/c1-34-27-17-16-23(33-28(37-2)14-9-15-29(33)38-3)18-30(27)39-32(34)20-24-19-31(36)35(21-22-10-5-4-6-11-22)26-13-8-7-12-25(24)26/h4-20H,21H2,1-3H3/b32-20-. The summed E-state index contributed by atoms with van der Waals surface area (Å²) < 4.78 is 13.1. The van der Waals surface area contributed by atoms with Crippen molar-refractivity contribution in [3.63, 3.8) is 0 Å². The van der Waals surface area contributed by atoms with E-state index in [1.54, 1.807) is 32.0 Å². The summed E-state index contributed by atoms with van der Waals surface area (Å²) in [6.45, 7) is 0.534. The fraction of sp³-hybridized carbons (Fsp3) is 0.121. The maximum atomic E-state index is 13.3. The molecule has 5 aromatic rings. The first-order valence-electron chi connectivity index (χ1n) is 12.7. The summed E-state index contributed by atoms with van der Waals surface area (Å²) in [7, 11) is 5.41. The molecule has 1 aliphatic rings. The number of aromatic nitrogens is 1. The fourth-order valence-electron chi connectivity index (χ4n) is 5.13. The van der Waals surface area contributed by atoms with E-state index in [-0.39, 0.29) is 5.56 Å². The van der Waals surface area contributed by atoms with Gasteiger partial charge in [0.25, 0.3) is 5.56 Å². The highest BCUT2D eigenvalue weighted by molar-refractivity contribution is 8.03. The van der Waals surface area contributed by atoms with Crippen molar-refractivity contribution in [3.8, 4) is 22.6 Å². The van der Waals surface area contributed by atoms with Gasteiger partial charge in [0.2, 0.25) is 0 Å². The molecule has 1 aliphatic heterocycles. The number of rotatable bonds is 6. The molecule has 5 nitrogen and oxygen atoms in total. The van der Waals surface area contributed by atoms with E-state index in [0.29, 0.717) is 6.54 Å². The average Bonchev–Trinajstić information content (AvgIpc) is 3.29. The van der Waals surface area contributed by atoms with Gasteiger partial charge in [-0.15, -0.1) is 0 Å². The number of ether oxygens (including phenoxy) is 2. The van der Waals surface area contributed by atoms with Gasteiger partial charge in [-0.05, 0) is 53.1 Å². The summed E-state index contributed by atoms with van der Waals surface area (Å²) in [5.41, 5.74) is 5.99. The topological polar surface area (TPSA) is 43.7 Å². The average molecular weight is 533 g/mol. The number of hydrogen-bond donors (Lipinski definition) is 0. The summed E-state index contributed by atoms with van der Waals surface area (Å²) in [4.78, 5) is 16.7. The number of para-hydroxylation sites is 1. The normalized spacial score (nSPS) is 13.6. The molecule has 0 bridgehead atoms. The Hall–Kier alpha value is -4.42. The van der Waals surface area contributed by atoms with E-state index in [1.165, 1.54) is 0 Å². The molecular formula is C33H28N2O3S. The zero-order valence-electron chi connectivity index (χ0n) is 22.0. The van der Waals surface area contributed by atoms with E-state index in [9.17, 15) is 4.79 Å². The van der Waals surface area contributed by atoms with Crippen molar-refractivity contribution in [1.82, 2.24) is 4.57 Å². The van der Waals surface area contributed by atoms with Crippen LogP contribution < -0.4 is 19.9 Å². The Morgan fingerprint density at radius 1 is 0.821 bits per heavy atom. The van der Waals surface area contributed by atoms with Crippen LogP contribution in [-0.4, -0.2) is 25.8 Å². The summed E-state index contributed by atoms with van der Waals surface area (Å²) in [5, 5.41) is 2.10. The molecule has 0 saturated carbocycles. The molecule has 2 heterocycles. The first kappa shape index (κ1) is 24.9. The minimum absolute atomic E-state index is 0.0156. The molecule has 0 aliphatic carbocycles. The number of hydrogen-bond acceptors (Lipinski definition) is 5. The number of anilines is 1. The number of thioether (sulfide) groups is 1. The SMILES string of the molecule is COc1cccc(OC)c1-c1ccc2c(c1)S/C(=C\c1cc(=O)n(Cc3ccccc3)c3ccccc13)N2C. The first-order chi connectivity index (χ1) is 19.1. The third-order valence-corrected chi connectivity index (χ3v) is 8.24. The van der Waals surface area contributed by atoms with E-state index in [2.05, 4.69) is 42.3 Å². The van der Waals surface area contributed by atoms with Crippen molar-refractivity contribution in [2.24, 2.45) is 0 Å². The minimum atomic E-state index is -0.0156. The predicted octanol–water partition coefficient (Wildman–Crippen LogP) is 7.27. The highest BCUT2D eigenvalue weighted by Gasteiger charge is 2.24. The van der Waals surface area contributed by atoms with Crippen molar-refractivity contribution < 1.29 is 9.47 Å². The molecule has 0 N–H and O–H groups in total. The summed E-state index contributed by atoms with van der Waals surface area (Å²) >= 11 is 1.69. The Balaban J connectivity index is 1.39. The van der Waals surface area contributed by atoms with Crippen molar-refractivity contribution in [2.45, 2.75) is 11.4 Å². The summed E-state index contributed by atoms with van der Waals surface area (Å²) in [6, 6.07) is 32.2. The second kappa shape index (κ2) is 10.4. The molecule has 0 fully saturated rings. The second-order valence-electron chi connectivity index (χ2n) is 9.39. The van der Waals surface area contributed by atoms with E-state index in [1.807, 2.05) is 71.3 Å². The number of benzene rings is 4. The third-order valence-electron chi connectivity index (χ3n) is 7.10. The molecule has 0 saturated heterocycles. The smallest absolute Gasteiger partial charge is 0.251 e. The Morgan fingerprint density at radius 2 is 1.54 bits per heavy atom. The van der Waals surface area contributed by atoms with Gasteiger partial charge >= 0.3 is 0 Å². The van der Waals surface area contributed by atoms with Crippen molar-refractivity contribution >= 4 is 34.4 Å². The molecule has 0 amide bonds. The van der Waals surface area contributed by atoms with Gasteiger partial charge in [0.15, 0.2) is 0 Å². The number of methoxy groups -OCH3 is 2. The Morgan fingerprint density at radius 3 is 2.28 bits per heavy atom. The lowest BCUT2D eigenvalue weighted by Gasteiger charge is -2.16. The van der Waals surface area contributed by atoms with E-state index < -0.39 is 0 Å². The maximum Gasteiger partial charge on any atom is 0.251 e. The molecule has 6 rings (SSSR count). The minimum Gasteiger partial charge on any atom is -0.496 e. The fourth-order valence-corrected chi connectivity index (χ4v) is 6.27. The van der Waals surface area contributed by atoms with Gasteiger partial charge in [-0.25, -0.2) is 0 Å². The van der Waals surface area contributed by atoms with Gasteiger partial charge in [0.05, 0.1) is 42.6 Å². The highest BCUT2D eigenvalue weighted by Crippen LogP contribution is 2.49. The molecule has 0 unspecified atom stereocenters. The van der Waals surface area contributed by atoms with Crippen LogP contribution in [0.3, 0.4) is 0 Å². The van der Waals surface area contributed by atoms with Gasteiger partial charge < -0.3 is 18.9 Å². The third kappa shape index (κ3) is 4.57. The van der Waals surface area contributed by atoms with Crippen molar-refractivity contribution in [2.75, 3.05) is 26.2 Å². The van der Waals surface area contributed by atoms with Crippen LogP contribution in [0.2, 0.25) is 0 Å². The van der Waals surface area contributed by atoms with Crippen LogP contribution in [0.4, 0.5) is 5.69 Å². The van der Waals surface area contributed by atoms with Crippen LogP contribution in [-0.2, 0) is 6.54 Å². The van der Waals surface area contributed by atoms with Crippen molar-refractivity contribution in [3.05, 3.63) is 124 Å². The van der Waals surface area contributed by atoms with Crippen molar-refractivity contribution in [1.29, 1.82) is 0 Å². The monoisotopic (exact) mass is 532 g/mol. The summed E-state index contributed by atoms with van der Waals surface area (Å²) in [6.07, 6.45) is 2.12. The van der Waals surface area contributed by atoms with Crippen LogP contribution in [0.25, 0.3) is 28.1 Å². The van der Waals surface area contributed by atoms with Crippen LogP contribution >= 0.6 is 11.8 Å². The molecule has 6 heteroatoms. The quantitative estimate of drug-likeness (QED) is 0.230. The Labute approximate surface area is 231 Å². The number of nitrogens with zero attached hydrogens (tertiary/aromatic N) is 2. The molecule has 39 heavy (non-hydrogen) atoms. The largest absolute Gasteiger partial charge is 0.496 e. The van der Waals surface area contributed by atoms with Crippen LogP contribution in [0.15, 0.2) is 112 Å². The summed E-state index contributed by atoms with van der Waals surface area (Å²) in [5.74, 6) is 1.54. The molecular weight excluding hydrogens is 504 g/mol. The lowest BCUT2D eigenvalue weighted by Crippen LogP contribution is -2.21. The maximum absolute atomic E-state index is 13.3. The zero-order chi connectivity index (χ0) is 26.9. The number of pyridine rings is 1. The van der Waals surface area contributed by atoms with Gasteiger partial charge in [-0.3, -0.25) is 4.79 Å². The van der Waals surface area contributed by atoms with Crippen LogP contribution in [0.1, 0.15) is 11.1 Å². The first-order valence-corrected chi connectivity index (χ1v) is 13.5. The van der Waals surface area contributed by atoms with Gasteiger partial charge in [-0.1, -0.05) is 72.4 Å². The van der Waals surface area contributed by atoms with Gasteiger partial charge in [0.1, 0.15) is 11.5 Å². The van der Waals surface area contributed by atoms with E-state index in [0.717, 1.165) is 60.3 Å². The van der Waals surface area contributed by atoms with E-state index >= 15 is 0 Å². The van der Waals surface area contributed by atoms with Crippen LogP contribution in [0.5, 0.6) is 11.5 Å². The predicted molar refractivity (Wildman–Crippen MR) is 161 cm³/mol. The van der Waals surface area contributed by atoms with Crippen LogP contribution in [0, 0.1) is 0 Å². The lowest BCUT2D eigenvalue weighted by molar-refractivity contribution is 0.397. The molecule has 0 radical (unpaired) electrons. The molecule has 0 spiro atoms. The zero-order valence-corrected chi connectivity index (χ0v) is 22.9. The highest BCUT2D eigenvalue weighted by atomic mass is 32.2. The Kier molecular flexibility index (Phi) is 6.63. The Bertz CT molecular complexity index is 1750. The van der Waals surface area contributed by atoms with E-state index in [4.69, 9.17) is 9.47 Å². The van der Waals surface area contributed by atoms with Gasteiger partial charge in [-0.2, -0.15) is 0 Å².